The summed E-state index contributed by atoms with van der Waals surface area (Å²) in [6.07, 6.45) is 3.45. The van der Waals surface area contributed by atoms with Crippen molar-refractivity contribution in [2.75, 3.05) is 22.6 Å². The molecule has 0 saturated heterocycles. The summed E-state index contributed by atoms with van der Waals surface area (Å²) in [7, 11) is 0. The van der Waals surface area contributed by atoms with Crippen molar-refractivity contribution in [2.45, 2.75) is 12.8 Å². The number of alkyl halides is 1. The van der Waals surface area contributed by atoms with E-state index in [1.807, 2.05) is 42.5 Å². The van der Waals surface area contributed by atoms with E-state index in [1.165, 1.54) is 11.3 Å². The van der Waals surface area contributed by atoms with Crippen molar-refractivity contribution in [2.24, 2.45) is 0 Å². The summed E-state index contributed by atoms with van der Waals surface area (Å²) >= 11 is 7.14. The minimum absolute atomic E-state index is 0.0462. The number of carbonyl (C=O) groups excluding carboxylic acids is 2. The lowest BCUT2D eigenvalue weighted by atomic mass is 9.99. The van der Waals surface area contributed by atoms with Crippen molar-refractivity contribution in [3.8, 4) is 10.4 Å². The monoisotopic (exact) mass is 411 g/mol. The third kappa shape index (κ3) is 3.79. The van der Waals surface area contributed by atoms with Gasteiger partial charge in [0, 0.05) is 24.0 Å². The van der Waals surface area contributed by atoms with Crippen LogP contribution in [-0.2, 0) is 11.2 Å². The summed E-state index contributed by atoms with van der Waals surface area (Å²) in [5, 5.41) is 3.42. The van der Waals surface area contributed by atoms with Gasteiger partial charge in [-0.2, -0.15) is 0 Å². The second-order valence-corrected chi connectivity index (χ2v) is 7.77. The second-order valence-electron chi connectivity index (χ2n) is 6.48. The number of aromatic nitrogens is 1. The highest BCUT2D eigenvalue weighted by molar-refractivity contribution is 7.19. The zero-order chi connectivity index (χ0) is 19.5. The standard InChI is InChI=1S/C21H18ClN3O2S/c22-12-19(26)25-10-4-7-15-11-16(8-9-17(15)25)20(27)24-21-23-13-18(28-21)14-5-2-1-3-6-14/h1-3,5-6,8-9,11,13H,4,7,10,12H2,(H,23,24,27). The molecule has 1 N–H and O–H groups in total. The molecule has 0 fully saturated rings. The molecule has 142 valence electrons. The Morgan fingerprint density at radius 2 is 2.00 bits per heavy atom. The number of halogens is 1. The van der Waals surface area contributed by atoms with Crippen molar-refractivity contribution >= 4 is 45.6 Å². The largest absolute Gasteiger partial charge is 0.311 e. The molecule has 28 heavy (non-hydrogen) atoms. The summed E-state index contributed by atoms with van der Waals surface area (Å²) in [6.45, 7) is 0.658. The Morgan fingerprint density at radius 3 is 2.79 bits per heavy atom. The Labute approximate surface area is 172 Å². The van der Waals surface area contributed by atoms with Crippen LogP contribution in [0.4, 0.5) is 10.8 Å². The Morgan fingerprint density at radius 1 is 1.18 bits per heavy atom. The average Bonchev–Trinajstić information content (AvgIpc) is 3.21. The number of rotatable bonds is 4. The molecule has 4 rings (SSSR count). The molecule has 2 aromatic carbocycles. The number of anilines is 2. The van der Waals surface area contributed by atoms with E-state index in [2.05, 4.69) is 10.3 Å². The average molecular weight is 412 g/mol. The normalized spacial score (nSPS) is 13.1. The number of hydrogen-bond donors (Lipinski definition) is 1. The zero-order valence-electron chi connectivity index (χ0n) is 15.0. The Kier molecular flexibility index (Phi) is 5.41. The van der Waals surface area contributed by atoms with E-state index in [0.29, 0.717) is 17.2 Å². The summed E-state index contributed by atoms with van der Waals surface area (Å²) in [6, 6.07) is 15.3. The third-order valence-electron chi connectivity index (χ3n) is 4.66. The van der Waals surface area contributed by atoms with Crippen molar-refractivity contribution < 1.29 is 9.59 Å². The number of nitrogens with zero attached hydrogens (tertiary/aromatic N) is 2. The van der Waals surface area contributed by atoms with Crippen LogP contribution in [0.2, 0.25) is 0 Å². The van der Waals surface area contributed by atoms with Gasteiger partial charge in [0.1, 0.15) is 5.88 Å². The third-order valence-corrected chi connectivity index (χ3v) is 5.85. The van der Waals surface area contributed by atoms with E-state index in [1.54, 1.807) is 17.2 Å². The van der Waals surface area contributed by atoms with Crippen molar-refractivity contribution in [1.82, 2.24) is 4.98 Å². The van der Waals surface area contributed by atoms with Crippen molar-refractivity contribution in [1.29, 1.82) is 0 Å². The lowest BCUT2D eigenvalue weighted by Gasteiger charge is -2.29. The molecule has 0 saturated carbocycles. The molecule has 0 unspecified atom stereocenters. The fourth-order valence-corrected chi connectivity index (χ4v) is 4.27. The van der Waals surface area contributed by atoms with Gasteiger partial charge in [0.15, 0.2) is 5.13 Å². The molecular weight excluding hydrogens is 394 g/mol. The molecule has 1 aliphatic heterocycles. The van der Waals surface area contributed by atoms with Crippen LogP contribution in [0.3, 0.4) is 0 Å². The van der Waals surface area contributed by atoms with Gasteiger partial charge in [-0.25, -0.2) is 4.98 Å². The molecule has 5 nitrogen and oxygen atoms in total. The highest BCUT2D eigenvalue weighted by atomic mass is 35.5. The summed E-state index contributed by atoms with van der Waals surface area (Å²) in [5.74, 6) is -0.372. The summed E-state index contributed by atoms with van der Waals surface area (Å²) in [4.78, 5) is 31.7. The van der Waals surface area contributed by atoms with E-state index >= 15 is 0 Å². The first kappa shape index (κ1) is 18.7. The number of amides is 2. The Hall–Kier alpha value is -2.70. The van der Waals surface area contributed by atoms with Crippen LogP contribution in [0, 0.1) is 0 Å². The van der Waals surface area contributed by atoms with Crippen LogP contribution in [0.1, 0.15) is 22.3 Å². The van der Waals surface area contributed by atoms with Crippen LogP contribution in [0.5, 0.6) is 0 Å². The van der Waals surface area contributed by atoms with E-state index in [9.17, 15) is 9.59 Å². The number of fused-ring (bicyclic) bond motifs is 1. The Bertz CT molecular complexity index is 1020. The molecule has 7 heteroatoms. The smallest absolute Gasteiger partial charge is 0.257 e. The van der Waals surface area contributed by atoms with Gasteiger partial charge >= 0.3 is 0 Å². The predicted molar refractivity (Wildman–Crippen MR) is 113 cm³/mol. The van der Waals surface area contributed by atoms with E-state index < -0.39 is 0 Å². The molecular formula is C21H18ClN3O2S. The number of benzene rings is 2. The molecule has 3 aromatic rings. The zero-order valence-corrected chi connectivity index (χ0v) is 16.6. The van der Waals surface area contributed by atoms with E-state index in [4.69, 9.17) is 11.6 Å². The minimum Gasteiger partial charge on any atom is -0.311 e. The summed E-state index contributed by atoms with van der Waals surface area (Å²) in [5.41, 5.74) is 3.45. The molecule has 0 aliphatic carbocycles. The number of thiazole rings is 1. The predicted octanol–water partition coefficient (Wildman–Crippen LogP) is 4.58. The molecule has 1 aliphatic rings. The maximum Gasteiger partial charge on any atom is 0.257 e. The highest BCUT2D eigenvalue weighted by Crippen LogP contribution is 2.30. The molecule has 2 amide bonds. The number of aryl methyl sites for hydroxylation is 1. The van der Waals surface area contributed by atoms with Gasteiger partial charge in [0.05, 0.1) is 4.88 Å². The molecule has 0 bridgehead atoms. The quantitative estimate of drug-likeness (QED) is 0.639. The van der Waals surface area contributed by atoms with Crippen molar-refractivity contribution in [3.05, 3.63) is 65.9 Å². The SMILES string of the molecule is O=C(Nc1ncc(-c2ccccc2)s1)c1ccc2c(c1)CCCN2C(=O)CCl. The van der Waals surface area contributed by atoms with E-state index in [-0.39, 0.29) is 17.7 Å². The fraction of sp³-hybridized carbons (Fsp3) is 0.190. The Balaban J connectivity index is 1.52. The van der Waals surface area contributed by atoms with Crippen LogP contribution in [-0.4, -0.2) is 29.2 Å². The van der Waals surface area contributed by atoms with Gasteiger partial charge in [0.2, 0.25) is 5.91 Å². The molecule has 1 aromatic heterocycles. The van der Waals surface area contributed by atoms with Gasteiger partial charge in [-0.05, 0) is 42.2 Å². The fourth-order valence-electron chi connectivity index (χ4n) is 3.31. The summed E-state index contributed by atoms with van der Waals surface area (Å²) < 4.78 is 0. The van der Waals surface area contributed by atoms with Gasteiger partial charge < -0.3 is 4.90 Å². The molecule has 0 spiro atoms. The second kappa shape index (κ2) is 8.12. The minimum atomic E-state index is -0.211. The van der Waals surface area contributed by atoms with Gasteiger partial charge in [-0.1, -0.05) is 41.7 Å². The molecule has 0 radical (unpaired) electrons. The number of hydrogen-bond acceptors (Lipinski definition) is 4. The maximum absolute atomic E-state index is 12.7. The van der Waals surface area contributed by atoms with Crippen LogP contribution in [0.15, 0.2) is 54.7 Å². The first-order valence-corrected chi connectivity index (χ1v) is 10.3. The lowest BCUT2D eigenvalue weighted by molar-refractivity contribution is -0.116. The van der Waals surface area contributed by atoms with Gasteiger partial charge in [0.25, 0.3) is 5.91 Å². The number of nitrogens with one attached hydrogen (secondary N) is 1. The van der Waals surface area contributed by atoms with Gasteiger partial charge in [-0.15, -0.1) is 11.6 Å². The molecule has 2 heterocycles. The van der Waals surface area contributed by atoms with Crippen molar-refractivity contribution in [3.63, 3.8) is 0 Å². The number of carbonyl (C=O) groups is 2. The van der Waals surface area contributed by atoms with E-state index in [0.717, 1.165) is 34.5 Å². The topological polar surface area (TPSA) is 62.3 Å². The van der Waals surface area contributed by atoms with Gasteiger partial charge in [-0.3, -0.25) is 14.9 Å². The van der Waals surface area contributed by atoms with Crippen LogP contribution in [0.25, 0.3) is 10.4 Å². The molecule has 0 atom stereocenters. The highest BCUT2D eigenvalue weighted by Gasteiger charge is 2.23. The lowest BCUT2D eigenvalue weighted by Crippen LogP contribution is -2.36. The van der Waals surface area contributed by atoms with Crippen LogP contribution < -0.4 is 10.2 Å². The maximum atomic E-state index is 12.7. The van der Waals surface area contributed by atoms with Crippen LogP contribution >= 0.6 is 22.9 Å². The first-order chi connectivity index (χ1) is 13.7. The first-order valence-electron chi connectivity index (χ1n) is 8.97.